The molecule has 1 heterocycles. The van der Waals surface area contributed by atoms with Crippen molar-refractivity contribution in [1.29, 1.82) is 0 Å². The number of rotatable bonds is 4. The molecule has 110 valence electrons. The van der Waals surface area contributed by atoms with Crippen molar-refractivity contribution in [3.05, 3.63) is 47.8 Å². The van der Waals surface area contributed by atoms with Crippen LogP contribution in [0.4, 0.5) is 20.4 Å². The lowest BCUT2D eigenvalue weighted by molar-refractivity contribution is 0.0942. The van der Waals surface area contributed by atoms with Gasteiger partial charge in [-0.25, -0.2) is 18.7 Å². The van der Waals surface area contributed by atoms with Gasteiger partial charge in [-0.2, -0.15) is 0 Å². The first-order valence-electron chi connectivity index (χ1n) is 6.30. The number of anilines is 2. The Hall–Kier alpha value is -2.57. The fourth-order valence-electron chi connectivity index (χ4n) is 1.57. The highest BCUT2D eigenvalue weighted by Crippen LogP contribution is 2.18. The number of halogens is 2. The number of carbonyl (C=O) groups excluding carboxylic acids is 1. The highest BCUT2D eigenvalue weighted by molar-refractivity contribution is 5.93. The molecule has 0 spiro atoms. The standard InChI is InChI=1S/C14H14F2N4O/c1-8(2)19-13(21)9-6-17-14(18-7-9)20-12-4-3-10(15)5-11(12)16/h3-8H,1-2H3,(H,19,21)(H,17,18,20). The minimum absolute atomic E-state index is 0.00335. The van der Waals surface area contributed by atoms with Crippen molar-refractivity contribution in [3.8, 4) is 0 Å². The molecule has 0 bridgehead atoms. The summed E-state index contributed by atoms with van der Waals surface area (Å²) in [5.41, 5.74) is 0.351. The Morgan fingerprint density at radius 1 is 1.19 bits per heavy atom. The molecule has 1 aromatic heterocycles. The van der Waals surface area contributed by atoms with Gasteiger partial charge in [0.2, 0.25) is 5.95 Å². The summed E-state index contributed by atoms with van der Waals surface area (Å²) in [5, 5.41) is 5.31. The van der Waals surface area contributed by atoms with Crippen LogP contribution in [0.1, 0.15) is 24.2 Å². The number of benzene rings is 1. The van der Waals surface area contributed by atoms with Gasteiger partial charge in [0.05, 0.1) is 11.3 Å². The summed E-state index contributed by atoms with van der Waals surface area (Å²) in [7, 11) is 0. The van der Waals surface area contributed by atoms with Crippen molar-refractivity contribution < 1.29 is 13.6 Å². The summed E-state index contributed by atoms with van der Waals surface area (Å²) >= 11 is 0. The van der Waals surface area contributed by atoms with Crippen LogP contribution in [0.2, 0.25) is 0 Å². The summed E-state index contributed by atoms with van der Waals surface area (Å²) < 4.78 is 26.3. The third-order valence-corrected chi connectivity index (χ3v) is 2.51. The van der Waals surface area contributed by atoms with Gasteiger partial charge in [0.15, 0.2) is 0 Å². The van der Waals surface area contributed by atoms with E-state index in [1.165, 1.54) is 18.5 Å². The van der Waals surface area contributed by atoms with E-state index in [2.05, 4.69) is 20.6 Å². The Morgan fingerprint density at radius 2 is 1.86 bits per heavy atom. The molecule has 0 atom stereocenters. The van der Waals surface area contributed by atoms with Gasteiger partial charge in [-0.15, -0.1) is 0 Å². The topological polar surface area (TPSA) is 66.9 Å². The van der Waals surface area contributed by atoms with Gasteiger partial charge in [-0.3, -0.25) is 4.79 Å². The quantitative estimate of drug-likeness (QED) is 0.909. The normalized spacial score (nSPS) is 10.5. The molecule has 1 aromatic carbocycles. The zero-order valence-electron chi connectivity index (χ0n) is 11.5. The number of nitrogens with one attached hydrogen (secondary N) is 2. The van der Waals surface area contributed by atoms with E-state index in [4.69, 9.17) is 0 Å². The maximum absolute atomic E-state index is 13.5. The highest BCUT2D eigenvalue weighted by atomic mass is 19.1. The lowest BCUT2D eigenvalue weighted by Crippen LogP contribution is -2.30. The molecule has 7 heteroatoms. The first-order valence-corrected chi connectivity index (χ1v) is 6.30. The first kappa shape index (κ1) is 14.8. The van der Waals surface area contributed by atoms with Crippen LogP contribution in [0.5, 0.6) is 0 Å². The van der Waals surface area contributed by atoms with E-state index in [1.54, 1.807) is 0 Å². The maximum atomic E-state index is 13.5. The van der Waals surface area contributed by atoms with E-state index < -0.39 is 11.6 Å². The molecule has 0 fully saturated rings. The molecule has 0 aliphatic carbocycles. The molecule has 0 aliphatic rings. The number of hydrogen-bond acceptors (Lipinski definition) is 4. The van der Waals surface area contributed by atoms with Gasteiger partial charge >= 0.3 is 0 Å². The highest BCUT2D eigenvalue weighted by Gasteiger charge is 2.09. The minimum atomic E-state index is -0.750. The first-order chi connectivity index (χ1) is 9.95. The van der Waals surface area contributed by atoms with Crippen LogP contribution in [0.3, 0.4) is 0 Å². The van der Waals surface area contributed by atoms with Crippen molar-refractivity contribution in [3.63, 3.8) is 0 Å². The number of hydrogen-bond donors (Lipinski definition) is 2. The predicted octanol–water partition coefficient (Wildman–Crippen LogP) is 2.64. The SMILES string of the molecule is CC(C)NC(=O)c1cnc(Nc2ccc(F)cc2F)nc1. The van der Waals surface area contributed by atoms with Gasteiger partial charge < -0.3 is 10.6 Å². The average molecular weight is 292 g/mol. The van der Waals surface area contributed by atoms with E-state index >= 15 is 0 Å². The third-order valence-electron chi connectivity index (χ3n) is 2.51. The molecule has 21 heavy (non-hydrogen) atoms. The van der Waals surface area contributed by atoms with Gasteiger partial charge in [0, 0.05) is 24.5 Å². The molecule has 2 aromatic rings. The smallest absolute Gasteiger partial charge is 0.254 e. The van der Waals surface area contributed by atoms with Crippen molar-refractivity contribution in [2.45, 2.75) is 19.9 Å². The van der Waals surface area contributed by atoms with Crippen molar-refractivity contribution >= 4 is 17.5 Å². The Bertz CT molecular complexity index is 644. The van der Waals surface area contributed by atoms with E-state index in [0.29, 0.717) is 5.56 Å². The molecular formula is C14H14F2N4O. The second-order valence-corrected chi connectivity index (χ2v) is 4.67. The van der Waals surface area contributed by atoms with Crippen LogP contribution in [0.15, 0.2) is 30.6 Å². The molecule has 0 saturated heterocycles. The zero-order chi connectivity index (χ0) is 15.4. The van der Waals surface area contributed by atoms with Crippen LogP contribution in [-0.4, -0.2) is 21.9 Å². The Kier molecular flexibility index (Phi) is 4.42. The van der Waals surface area contributed by atoms with E-state index in [-0.39, 0.29) is 23.6 Å². The average Bonchev–Trinajstić information content (AvgIpc) is 2.42. The van der Waals surface area contributed by atoms with E-state index in [1.807, 2.05) is 13.8 Å². The Labute approximate surface area is 120 Å². The van der Waals surface area contributed by atoms with Crippen LogP contribution < -0.4 is 10.6 Å². The summed E-state index contributed by atoms with van der Waals surface area (Å²) in [4.78, 5) is 19.5. The fourth-order valence-corrected chi connectivity index (χ4v) is 1.57. The predicted molar refractivity (Wildman–Crippen MR) is 74.3 cm³/mol. The number of carbonyl (C=O) groups is 1. The molecule has 2 rings (SSSR count). The molecule has 0 saturated carbocycles. The van der Waals surface area contributed by atoms with Gasteiger partial charge in [0.1, 0.15) is 11.6 Å². The molecule has 5 nitrogen and oxygen atoms in total. The van der Waals surface area contributed by atoms with Crippen LogP contribution in [0.25, 0.3) is 0 Å². The molecular weight excluding hydrogens is 278 g/mol. The molecule has 0 radical (unpaired) electrons. The number of aromatic nitrogens is 2. The Morgan fingerprint density at radius 3 is 2.43 bits per heavy atom. The second-order valence-electron chi connectivity index (χ2n) is 4.67. The fraction of sp³-hybridized carbons (Fsp3) is 0.214. The van der Waals surface area contributed by atoms with Gasteiger partial charge in [-0.1, -0.05) is 0 Å². The van der Waals surface area contributed by atoms with Crippen LogP contribution in [-0.2, 0) is 0 Å². The molecule has 0 unspecified atom stereocenters. The largest absolute Gasteiger partial charge is 0.350 e. The second kappa shape index (κ2) is 6.25. The summed E-state index contributed by atoms with van der Waals surface area (Å²) in [5.74, 6) is -1.59. The maximum Gasteiger partial charge on any atom is 0.254 e. The zero-order valence-corrected chi connectivity index (χ0v) is 11.5. The Balaban J connectivity index is 2.10. The molecule has 0 aliphatic heterocycles. The van der Waals surface area contributed by atoms with Gasteiger partial charge in [0.25, 0.3) is 5.91 Å². The monoisotopic (exact) mass is 292 g/mol. The molecule has 1 amide bonds. The van der Waals surface area contributed by atoms with Crippen molar-refractivity contribution in [2.24, 2.45) is 0 Å². The van der Waals surface area contributed by atoms with Crippen LogP contribution >= 0.6 is 0 Å². The van der Waals surface area contributed by atoms with Crippen LogP contribution in [0, 0.1) is 11.6 Å². The summed E-state index contributed by atoms with van der Waals surface area (Å²) in [6.45, 7) is 3.68. The lowest BCUT2D eigenvalue weighted by Gasteiger charge is -2.09. The third kappa shape index (κ3) is 3.95. The lowest BCUT2D eigenvalue weighted by atomic mass is 10.3. The summed E-state index contributed by atoms with van der Waals surface area (Å²) in [6.07, 6.45) is 2.66. The van der Waals surface area contributed by atoms with E-state index in [9.17, 15) is 13.6 Å². The molecule has 2 N–H and O–H groups in total. The van der Waals surface area contributed by atoms with Crippen molar-refractivity contribution in [2.75, 3.05) is 5.32 Å². The number of nitrogens with zero attached hydrogens (tertiary/aromatic N) is 2. The van der Waals surface area contributed by atoms with Gasteiger partial charge in [-0.05, 0) is 26.0 Å². The minimum Gasteiger partial charge on any atom is -0.350 e. The van der Waals surface area contributed by atoms with Crippen molar-refractivity contribution in [1.82, 2.24) is 15.3 Å². The summed E-state index contributed by atoms with van der Waals surface area (Å²) in [6, 6.07) is 3.12. The number of amides is 1. The van der Waals surface area contributed by atoms with E-state index in [0.717, 1.165) is 12.1 Å².